The summed E-state index contributed by atoms with van der Waals surface area (Å²) in [6, 6.07) is 12.4. The van der Waals surface area contributed by atoms with E-state index in [-0.39, 0.29) is 6.04 Å². The number of aromatic amines is 1. The lowest BCUT2D eigenvalue weighted by molar-refractivity contribution is -0.120. The number of para-hydroxylation sites is 1. The molecule has 0 fully saturated rings. The van der Waals surface area contributed by atoms with Gasteiger partial charge in [-0.25, -0.2) is 0 Å². The molecule has 0 unspecified atom stereocenters. The highest BCUT2D eigenvalue weighted by Crippen LogP contribution is 2.39. The molecule has 3 aromatic rings. The van der Waals surface area contributed by atoms with Gasteiger partial charge in [0, 0.05) is 23.6 Å². The lowest BCUT2D eigenvalue weighted by Gasteiger charge is -2.35. The Morgan fingerprint density at radius 2 is 1.96 bits per heavy atom. The minimum absolute atomic E-state index is 0.0414. The number of aryl methyl sites for hydroxylation is 1. The molecule has 0 saturated carbocycles. The number of aromatic nitrogens is 1. The largest absolute Gasteiger partial charge is 0.493 e. The Balaban J connectivity index is 1.65. The van der Waals surface area contributed by atoms with E-state index in [4.69, 9.17) is 9.47 Å². The summed E-state index contributed by atoms with van der Waals surface area (Å²) in [4.78, 5) is 16.9. The average molecular weight is 364 g/mol. The molecule has 0 aliphatic carbocycles. The molecule has 2 heterocycles. The van der Waals surface area contributed by atoms with Gasteiger partial charge in [-0.15, -0.1) is 0 Å². The van der Waals surface area contributed by atoms with Gasteiger partial charge in [0.05, 0.1) is 20.3 Å². The monoisotopic (exact) mass is 364 g/mol. The zero-order valence-corrected chi connectivity index (χ0v) is 15.7. The van der Waals surface area contributed by atoms with E-state index in [1.165, 1.54) is 16.5 Å². The highest BCUT2D eigenvalue weighted by Gasteiger charge is 2.28. The predicted octanol–water partition coefficient (Wildman–Crippen LogP) is 3.87. The maximum Gasteiger partial charge on any atom is 0.210 e. The first-order valence-electron chi connectivity index (χ1n) is 9.26. The standard InChI is InChI=1S/C22H24N2O3/c1-26-21-11-15-9-10-24(14-25)20(18(15)12-22(21)27-2)8-7-16-13-23-19-6-4-3-5-17(16)19/h3-6,11-14,20,23H,7-10H2,1-2H3/t20-/m0/s1. The zero-order chi connectivity index (χ0) is 18.8. The van der Waals surface area contributed by atoms with E-state index in [0.29, 0.717) is 5.75 Å². The maximum atomic E-state index is 11.7. The quantitative estimate of drug-likeness (QED) is 0.676. The maximum absolute atomic E-state index is 11.7. The lowest BCUT2D eigenvalue weighted by Crippen LogP contribution is -2.34. The Hall–Kier alpha value is -2.95. The molecule has 2 aromatic carbocycles. The molecule has 0 spiro atoms. The van der Waals surface area contributed by atoms with E-state index < -0.39 is 0 Å². The van der Waals surface area contributed by atoms with Crippen molar-refractivity contribution in [2.75, 3.05) is 20.8 Å². The molecule has 5 heteroatoms. The summed E-state index contributed by atoms with van der Waals surface area (Å²) in [6.45, 7) is 0.727. The van der Waals surface area contributed by atoms with Gasteiger partial charge in [0.25, 0.3) is 0 Å². The van der Waals surface area contributed by atoms with Crippen molar-refractivity contribution in [3.05, 3.63) is 59.3 Å². The molecule has 0 bridgehead atoms. The van der Waals surface area contributed by atoms with Crippen molar-refractivity contribution in [3.63, 3.8) is 0 Å². The number of carbonyl (C=O) groups is 1. The Kier molecular flexibility index (Phi) is 4.75. The topological polar surface area (TPSA) is 54.6 Å². The molecular weight excluding hydrogens is 340 g/mol. The Bertz CT molecular complexity index is 963. The number of fused-ring (bicyclic) bond motifs is 2. The molecule has 1 aromatic heterocycles. The van der Waals surface area contributed by atoms with Gasteiger partial charge in [-0.3, -0.25) is 4.79 Å². The number of benzene rings is 2. The number of H-pyrrole nitrogens is 1. The number of rotatable bonds is 6. The van der Waals surface area contributed by atoms with Crippen molar-refractivity contribution in [2.45, 2.75) is 25.3 Å². The number of hydrogen-bond acceptors (Lipinski definition) is 3. The minimum atomic E-state index is 0.0414. The van der Waals surface area contributed by atoms with Gasteiger partial charge >= 0.3 is 0 Å². The molecule has 1 aliphatic rings. The van der Waals surface area contributed by atoms with Crippen LogP contribution < -0.4 is 9.47 Å². The molecule has 27 heavy (non-hydrogen) atoms. The Morgan fingerprint density at radius 1 is 1.19 bits per heavy atom. The third-order valence-corrected chi connectivity index (χ3v) is 5.54. The Labute approximate surface area is 158 Å². The molecule has 0 radical (unpaired) electrons. The third-order valence-electron chi connectivity index (χ3n) is 5.54. The third kappa shape index (κ3) is 3.14. The summed E-state index contributed by atoms with van der Waals surface area (Å²) in [5, 5.41) is 1.25. The van der Waals surface area contributed by atoms with Crippen LogP contribution in [0.2, 0.25) is 0 Å². The van der Waals surface area contributed by atoms with Crippen molar-refractivity contribution in [3.8, 4) is 11.5 Å². The number of methoxy groups -OCH3 is 2. The molecule has 1 amide bonds. The highest BCUT2D eigenvalue weighted by molar-refractivity contribution is 5.83. The van der Waals surface area contributed by atoms with Crippen LogP contribution in [-0.4, -0.2) is 37.1 Å². The number of hydrogen-bond donors (Lipinski definition) is 1. The normalized spacial score (nSPS) is 16.2. The number of ether oxygens (including phenoxy) is 2. The second-order valence-electron chi connectivity index (χ2n) is 6.91. The second kappa shape index (κ2) is 7.35. The number of nitrogens with zero attached hydrogens (tertiary/aromatic N) is 1. The van der Waals surface area contributed by atoms with E-state index in [1.807, 2.05) is 17.0 Å². The van der Waals surface area contributed by atoms with Crippen LogP contribution in [0.15, 0.2) is 42.6 Å². The fraction of sp³-hybridized carbons (Fsp3) is 0.318. The number of nitrogens with one attached hydrogen (secondary N) is 1. The predicted molar refractivity (Wildman–Crippen MR) is 105 cm³/mol. The highest BCUT2D eigenvalue weighted by atomic mass is 16.5. The van der Waals surface area contributed by atoms with E-state index in [9.17, 15) is 4.79 Å². The zero-order valence-electron chi connectivity index (χ0n) is 15.7. The van der Waals surface area contributed by atoms with Crippen LogP contribution in [0.1, 0.15) is 29.2 Å². The summed E-state index contributed by atoms with van der Waals surface area (Å²) in [5.41, 5.74) is 4.82. The first kappa shape index (κ1) is 17.5. The molecule has 0 saturated heterocycles. The molecule has 1 atom stereocenters. The Morgan fingerprint density at radius 3 is 2.74 bits per heavy atom. The van der Waals surface area contributed by atoms with Crippen molar-refractivity contribution in [2.24, 2.45) is 0 Å². The summed E-state index contributed by atoms with van der Waals surface area (Å²) in [7, 11) is 3.30. The molecule has 4 rings (SSSR count). The van der Waals surface area contributed by atoms with Crippen LogP contribution in [0, 0.1) is 0 Å². The van der Waals surface area contributed by atoms with Crippen molar-refractivity contribution in [1.29, 1.82) is 0 Å². The molecule has 5 nitrogen and oxygen atoms in total. The van der Waals surface area contributed by atoms with Crippen LogP contribution in [0.25, 0.3) is 10.9 Å². The van der Waals surface area contributed by atoms with E-state index in [2.05, 4.69) is 35.4 Å². The van der Waals surface area contributed by atoms with Gasteiger partial charge in [-0.2, -0.15) is 0 Å². The van der Waals surface area contributed by atoms with Gasteiger partial charge in [-0.1, -0.05) is 18.2 Å². The number of carbonyl (C=O) groups excluding carboxylic acids is 1. The molecule has 1 N–H and O–H groups in total. The smallest absolute Gasteiger partial charge is 0.210 e. The van der Waals surface area contributed by atoms with Crippen LogP contribution in [-0.2, 0) is 17.6 Å². The summed E-state index contributed by atoms with van der Waals surface area (Å²) >= 11 is 0. The molecule has 1 aliphatic heterocycles. The average Bonchev–Trinajstić information content (AvgIpc) is 3.13. The summed E-state index contributed by atoms with van der Waals surface area (Å²) in [6.07, 6.45) is 5.64. The summed E-state index contributed by atoms with van der Waals surface area (Å²) in [5.74, 6) is 1.45. The molecular formula is C22H24N2O3. The van der Waals surface area contributed by atoms with Crippen LogP contribution in [0.3, 0.4) is 0 Å². The van der Waals surface area contributed by atoms with Crippen LogP contribution in [0.4, 0.5) is 0 Å². The fourth-order valence-corrected chi connectivity index (χ4v) is 4.13. The second-order valence-corrected chi connectivity index (χ2v) is 6.91. The van der Waals surface area contributed by atoms with Crippen molar-refractivity contribution in [1.82, 2.24) is 9.88 Å². The summed E-state index contributed by atoms with van der Waals surface area (Å²) < 4.78 is 10.9. The fourth-order valence-electron chi connectivity index (χ4n) is 4.13. The van der Waals surface area contributed by atoms with Gasteiger partial charge in [0.2, 0.25) is 6.41 Å². The van der Waals surface area contributed by atoms with Gasteiger partial charge < -0.3 is 19.4 Å². The van der Waals surface area contributed by atoms with E-state index in [0.717, 1.165) is 49.0 Å². The van der Waals surface area contributed by atoms with Gasteiger partial charge in [0.1, 0.15) is 0 Å². The lowest BCUT2D eigenvalue weighted by atomic mass is 9.88. The molecule has 140 valence electrons. The van der Waals surface area contributed by atoms with Crippen LogP contribution >= 0.6 is 0 Å². The van der Waals surface area contributed by atoms with E-state index >= 15 is 0 Å². The van der Waals surface area contributed by atoms with Gasteiger partial charge in [0.15, 0.2) is 11.5 Å². The van der Waals surface area contributed by atoms with Crippen molar-refractivity contribution >= 4 is 17.3 Å². The first-order chi connectivity index (χ1) is 13.2. The first-order valence-corrected chi connectivity index (χ1v) is 9.26. The SMILES string of the molecule is COc1cc2c(cc1OC)[C@H](CCc1c[nH]c3ccccc13)N(C=O)CC2. The van der Waals surface area contributed by atoms with E-state index in [1.54, 1.807) is 14.2 Å². The number of amides is 1. The minimum Gasteiger partial charge on any atom is -0.493 e. The van der Waals surface area contributed by atoms with Crippen molar-refractivity contribution < 1.29 is 14.3 Å². The van der Waals surface area contributed by atoms with Crippen LogP contribution in [0.5, 0.6) is 11.5 Å². The van der Waals surface area contributed by atoms with Gasteiger partial charge in [-0.05, 0) is 54.2 Å².